The van der Waals surface area contributed by atoms with Gasteiger partial charge in [-0.3, -0.25) is 9.69 Å². The lowest BCUT2D eigenvalue weighted by Gasteiger charge is -2.25. The van der Waals surface area contributed by atoms with Crippen molar-refractivity contribution in [1.82, 2.24) is 9.88 Å². The number of anilines is 2. The van der Waals surface area contributed by atoms with E-state index >= 15 is 0 Å². The second-order valence-electron chi connectivity index (χ2n) is 7.23. The van der Waals surface area contributed by atoms with Gasteiger partial charge in [-0.1, -0.05) is 31.3 Å². The number of nitrogens with zero attached hydrogens (tertiary/aromatic N) is 4. The van der Waals surface area contributed by atoms with E-state index in [1.807, 2.05) is 48.2 Å². The third kappa shape index (κ3) is 5.92. The second-order valence-corrected chi connectivity index (χ2v) is 9.09. The number of likely N-dealkylation sites (N-methyl/N-ethyl adjacent to an activating group) is 1. The number of fused-ring (bicyclic) bond motifs is 1. The Morgan fingerprint density at radius 1 is 1.03 bits per heavy atom. The molecule has 0 aliphatic heterocycles. The highest BCUT2D eigenvalue weighted by Crippen LogP contribution is 2.34. The monoisotopic (exact) mass is 478 g/mol. The topological polar surface area (TPSA) is 39.7 Å². The second kappa shape index (κ2) is 11.7. The lowest BCUT2D eigenvalue weighted by molar-refractivity contribution is 0.0984. The fraction of sp³-hybridized carbons (Fsp3) is 0.391. The summed E-state index contributed by atoms with van der Waals surface area (Å²) in [4.78, 5) is 25.7. The van der Waals surface area contributed by atoms with Gasteiger partial charge in [0.2, 0.25) is 0 Å². The van der Waals surface area contributed by atoms with Crippen molar-refractivity contribution < 1.29 is 4.79 Å². The summed E-state index contributed by atoms with van der Waals surface area (Å²) in [6.07, 6.45) is 2.06. The Labute approximate surface area is 199 Å². The van der Waals surface area contributed by atoms with Gasteiger partial charge in [0.25, 0.3) is 5.91 Å². The highest BCUT2D eigenvalue weighted by Gasteiger charge is 2.22. The van der Waals surface area contributed by atoms with Crippen molar-refractivity contribution in [3.05, 3.63) is 48.0 Å². The van der Waals surface area contributed by atoms with Crippen LogP contribution in [-0.2, 0) is 0 Å². The van der Waals surface area contributed by atoms with Gasteiger partial charge in [0.15, 0.2) is 5.13 Å². The summed E-state index contributed by atoms with van der Waals surface area (Å²) in [5.74, 6) is -0.00257. The predicted octanol–water partition coefficient (Wildman–Crippen LogP) is 5.49. The molecule has 31 heavy (non-hydrogen) atoms. The Bertz CT molecular complexity index is 987. The zero-order chi connectivity index (χ0) is 21.7. The number of aromatic nitrogens is 1. The van der Waals surface area contributed by atoms with Gasteiger partial charge < -0.3 is 9.80 Å². The van der Waals surface area contributed by atoms with Gasteiger partial charge >= 0.3 is 0 Å². The fourth-order valence-electron chi connectivity index (χ4n) is 3.32. The number of carbonyl (C=O) groups is 1. The quantitative estimate of drug-likeness (QED) is 0.380. The number of hydrogen-bond donors (Lipinski definition) is 0. The van der Waals surface area contributed by atoms with Gasteiger partial charge in [-0.15, -0.1) is 24.2 Å². The molecule has 1 heterocycles. The van der Waals surface area contributed by atoms with E-state index in [1.165, 1.54) is 0 Å². The number of amides is 1. The van der Waals surface area contributed by atoms with Crippen molar-refractivity contribution in [1.29, 1.82) is 0 Å². The van der Waals surface area contributed by atoms with Gasteiger partial charge in [-0.05, 0) is 55.7 Å². The number of benzene rings is 2. The van der Waals surface area contributed by atoms with E-state index in [-0.39, 0.29) is 18.3 Å². The van der Waals surface area contributed by atoms with Crippen molar-refractivity contribution >= 4 is 62.4 Å². The average molecular weight is 479 g/mol. The van der Waals surface area contributed by atoms with Gasteiger partial charge in [0.05, 0.1) is 10.2 Å². The molecule has 168 valence electrons. The van der Waals surface area contributed by atoms with Crippen LogP contribution in [-0.4, -0.2) is 62.3 Å². The molecule has 0 unspecified atom stereocenters. The molecule has 0 radical (unpaired) electrons. The molecule has 5 nitrogen and oxygen atoms in total. The van der Waals surface area contributed by atoms with Crippen molar-refractivity contribution in [3.8, 4) is 0 Å². The van der Waals surface area contributed by atoms with Crippen molar-refractivity contribution in [3.63, 3.8) is 0 Å². The molecule has 1 aromatic heterocycles. The van der Waals surface area contributed by atoms with E-state index < -0.39 is 0 Å². The normalized spacial score (nSPS) is 10.9. The number of thiazole rings is 1. The first-order valence-corrected chi connectivity index (χ1v) is 12.3. The van der Waals surface area contributed by atoms with Gasteiger partial charge in [-0.25, -0.2) is 4.98 Å². The van der Waals surface area contributed by atoms with Crippen LogP contribution in [0.3, 0.4) is 0 Å². The number of halogens is 1. The highest BCUT2D eigenvalue weighted by atomic mass is 35.5. The Morgan fingerprint density at radius 3 is 2.29 bits per heavy atom. The fourth-order valence-corrected chi connectivity index (χ4v) is 4.96. The molecule has 3 aromatic rings. The van der Waals surface area contributed by atoms with Crippen LogP contribution >= 0.6 is 35.5 Å². The molecule has 1 amide bonds. The van der Waals surface area contributed by atoms with E-state index in [9.17, 15) is 4.79 Å². The van der Waals surface area contributed by atoms with Gasteiger partial charge in [0, 0.05) is 43.3 Å². The van der Waals surface area contributed by atoms with E-state index in [2.05, 4.69) is 43.2 Å². The van der Waals surface area contributed by atoms with Crippen LogP contribution < -0.4 is 9.80 Å². The summed E-state index contributed by atoms with van der Waals surface area (Å²) in [5.41, 5.74) is 2.74. The number of para-hydroxylation sites is 1. The molecule has 3 rings (SSSR count). The summed E-state index contributed by atoms with van der Waals surface area (Å²) in [6, 6.07) is 14.0. The Morgan fingerprint density at radius 2 is 1.71 bits per heavy atom. The van der Waals surface area contributed by atoms with Gasteiger partial charge in [-0.2, -0.15) is 0 Å². The standard InChI is InChI=1S/C23H30N4OS2.ClH/c1-6-26(7-2)15-16-27(22(28)17-11-13-18(14-12-17)25(3)4)23-24-21-19(29-5)9-8-10-20(21)30-23;/h8-14H,6-7,15-16H2,1-5H3;1H. The van der Waals surface area contributed by atoms with Crippen LogP contribution in [0.1, 0.15) is 24.2 Å². The van der Waals surface area contributed by atoms with E-state index in [0.29, 0.717) is 12.1 Å². The van der Waals surface area contributed by atoms with E-state index in [4.69, 9.17) is 4.98 Å². The number of thioether (sulfide) groups is 1. The van der Waals surface area contributed by atoms with Crippen molar-refractivity contribution in [2.45, 2.75) is 18.7 Å². The Balaban J connectivity index is 0.00000341. The minimum Gasteiger partial charge on any atom is -0.378 e. The van der Waals surface area contributed by atoms with Gasteiger partial charge in [0.1, 0.15) is 0 Å². The van der Waals surface area contributed by atoms with Crippen LogP contribution in [0, 0.1) is 0 Å². The first-order valence-electron chi connectivity index (χ1n) is 10.2. The minimum atomic E-state index is -0.00257. The maximum absolute atomic E-state index is 13.5. The largest absolute Gasteiger partial charge is 0.378 e. The predicted molar refractivity (Wildman–Crippen MR) is 139 cm³/mol. The van der Waals surface area contributed by atoms with Crippen LogP contribution in [0.5, 0.6) is 0 Å². The molecular formula is C23H31ClN4OS2. The molecule has 2 aromatic carbocycles. The highest BCUT2D eigenvalue weighted by molar-refractivity contribution is 7.98. The lowest BCUT2D eigenvalue weighted by Crippen LogP contribution is -2.38. The molecule has 0 saturated carbocycles. The maximum atomic E-state index is 13.5. The summed E-state index contributed by atoms with van der Waals surface area (Å²) in [6.45, 7) is 7.67. The summed E-state index contributed by atoms with van der Waals surface area (Å²) >= 11 is 3.27. The number of carbonyl (C=O) groups excluding carboxylic acids is 1. The molecule has 0 aliphatic carbocycles. The molecule has 0 aliphatic rings. The average Bonchev–Trinajstić information content (AvgIpc) is 3.20. The third-order valence-electron chi connectivity index (χ3n) is 5.23. The third-order valence-corrected chi connectivity index (χ3v) is 7.04. The molecule has 0 fully saturated rings. The smallest absolute Gasteiger partial charge is 0.260 e. The summed E-state index contributed by atoms with van der Waals surface area (Å²) in [7, 11) is 4.00. The molecule has 8 heteroatoms. The van der Waals surface area contributed by atoms with E-state index in [1.54, 1.807) is 23.1 Å². The number of hydrogen-bond acceptors (Lipinski definition) is 6. The Kier molecular flexibility index (Phi) is 9.62. The lowest BCUT2D eigenvalue weighted by atomic mass is 10.1. The SMILES string of the molecule is CCN(CC)CCN(C(=O)c1ccc(N(C)C)cc1)c1nc2c(SC)cccc2s1.Cl. The first-order chi connectivity index (χ1) is 14.5. The number of rotatable bonds is 9. The molecule has 0 spiro atoms. The Hall–Kier alpha value is -1.80. The van der Waals surface area contributed by atoms with Crippen molar-refractivity contribution in [2.75, 3.05) is 56.3 Å². The molecule has 0 atom stereocenters. The van der Waals surface area contributed by atoms with Crippen LogP contribution in [0.15, 0.2) is 47.4 Å². The van der Waals surface area contributed by atoms with Crippen LogP contribution in [0.4, 0.5) is 10.8 Å². The van der Waals surface area contributed by atoms with Crippen LogP contribution in [0.2, 0.25) is 0 Å². The van der Waals surface area contributed by atoms with Crippen molar-refractivity contribution in [2.24, 2.45) is 0 Å². The van der Waals surface area contributed by atoms with E-state index in [0.717, 1.165) is 45.6 Å². The minimum absolute atomic E-state index is 0. The zero-order valence-corrected chi connectivity index (χ0v) is 21.2. The summed E-state index contributed by atoms with van der Waals surface area (Å²) < 4.78 is 1.11. The molecule has 0 saturated heterocycles. The maximum Gasteiger partial charge on any atom is 0.260 e. The summed E-state index contributed by atoms with van der Waals surface area (Å²) in [5, 5.41) is 0.764. The first kappa shape index (κ1) is 25.5. The van der Waals surface area contributed by atoms with Crippen LogP contribution in [0.25, 0.3) is 10.2 Å². The molecule has 0 bridgehead atoms. The zero-order valence-electron chi connectivity index (χ0n) is 18.8. The molecule has 0 N–H and O–H groups in total. The molecular weight excluding hydrogens is 448 g/mol.